The first-order chi connectivity index (χ1) is 12.6. The molecule has 1 aliphatic heterocycles. The highest BCUT2D eigenvalue weighted by Crippen LogP contribution is 2.25. The Labute approximate surface area is 153 Å². The molecule has 0 aliphatic carbocycles. The van der Waals surface area contributed by atoms with Crippen LogP contribution in [0.5, 0.6) is 0 Å². The minimum absolute atomic E-state index is 0.0455. The van der Waals surface area contributed by atoms with Crippen molar-refractivity contribution in [1.29, 1.82) is 0 Å². The van der Waals surface area contributed by atoms with Crippen molar-refractivity contribution in [3.63, 3.8) is 0 Å². The van der Waals surface area contributed by atoms with Gasteiger partial charge in [-0.25, -0.2) is 4.39 Å². The summed E-state index contributed by atoms with van der Waals surface area (Å²) in [5.74, 6) is 0.330. The number of hydrogen-bond donors (Lipinski definition) is 0. The average Bonchev–Trinajstić information content (AvgIpc) is 3.01. The molecule has 1 fully saturated rings. The van der Waals surface area contributed by atoms with E-state index >= 15 is 0 Å². The Morgan fingerprint density at radius 2 is 1.92 bits per heavy atom. The van der Waals surface area contributed by atoms with Crippen molar-refractivity contribution in [2.24, 2.45) is 5.92 Å². The number of para-hydroxylation sites is 1. The van der Waals surface area contributed by atoms with Crippen molar-refractivity contribution in [3.8, 4) is 0 Å². The molecular weight excluding hydrogens is 327 g/mol. The zero-order chi connectivity index (χ0) is 18.1. The van der Waals surface area contributed by atoms with Crippen LogP contribution in [0.2, 0.25) is 0 Å². The molecule has 1 amide bonds. The minimum Gasteiger partial charge on any atom is -0.337 e. The summed E-state index contributed by atoms with van der Waals surface area (Å²) in [7, 11) is 0. The highest BCUT2D eigenvalue weighted by molar-refractivity contribution is 5.99. The molecule has 4 heteroatoms. The summed E-state index contributed by atoms with van der Waals surface area (Å²) in [6.07, 6.45) is 2.21. The average molecular weight is 350 g/mol. The molecule has 0 spiro atoms. The van der Waals surface area contributed by atoms with Gasteiger partial charge in [0.2, 0.25) is 0 Å². The molecule has 2 heterocycles. The quantitative estimate of drug-likeness (QED) is 0.672. The molecule has 2 aromatic carbocycles. The van der Waals surface area contributed by atoms with E-state index in [0.29, 0.717) is 23.7 Å². The number of halogens is 1. The zero-order valence-corrected chi connectivity index (χ0v) is 15.0. The van der Waals surface area contributed by atoms with E-state index in [1.165, 1.54) is 12.5 Å². The molecule has 4 rings (SSSR count). The van der Waals surface area contributed by atoms with E-state index in [4.69, 9.17) is 0 Å². The lowest BCUT2D eigenvalue weighted by Gasteiger charge is -2.31. The van der Waals surface area contributed by atoms with E-state index in [1.54, 1.807) is 12.1 Å². The van der Waals surface area contributed by atoms with Gasteiger partial charge in [-0.05, 0) is 37.0 Å². The summed E-state index contributed by atoms with van der Waals surface area (Å²) in [6.45, 7) is 4.13. The van der Waals surface area contributed by atoms with Crippen LogP contribution in [-0.2, 0) is 6.54 Å². The van der Waals surface area contributed by atoms with E-state index in [1.807, 2.05) is 45.9 Å². The lowest BCUT2D eigenvalue weighted by molar-refractivity contribution is 0.0673. The number of carbonyl (C=O) groups excluding carboxylic acids is 1. The number of hydrogen-bond acceptors (Lipinski definition) is 1. The van der Waals surface area contributed by atoms with Crippen LogP contribution in [0.15, 0.2) is 54.6 Å². The van der Waals surface area contributed by atoms with Crippen LogP contribution in [0.3, 0.4) is 0 Å². The van der Waals surface area contributed by atoms with Gasteiger partial charge in [-0.15, -0.1) is 0 Å². The van der Waals surface area contributed by atoms with E-state index in [2.05, 4.69) is 6.92 Å². The topological polar surface area (TPSA) is 25.2 Å². The number of nitrogens with zero attached hydrogens (tertiary/aromatic N) is 2. The number of piperidine rings is 1. The second-order valence-electron chi connectivity index (χ2n) is 7.26. The maximum absolute atomic E-state index is 14.2. The number of fused-ring (bicyclic) bond motifs is 1. The second kappa shape index (κ2) is 6.94. The van der Waals surface area contributed by atoms with E-state index in [9.17, 15) is 9.18 Å². The molecule has 1 saturated heterocycles. The van der Waals surface area contributed by atoms with Gasteiger partial charge in [0.15, 0.2) is 0 Å². The smallest absolute Gasteiger partial charge is 0.270 e. The molecule has 0 saturated carbocycles. The van der Waals surface area contributed by atoms with Crippen LogP contribution in [0.1, 0.15) is 35.8 Å². The lowest BCUT2D eigenvalue weighted by Crippen LogP contribution is -2.40. The summed E-state index contributed by atoms with van der Waals surface area (Å²) in [5.41, 5.74) is 2.20. The summed E-state index contributed by atoms with van der Waals surface area (Å²) in [6, 6.07) is 16.6. The maximum atomic E-state index is 14.2. The molecule has 0 radical (unpaired) electrons. The van der Waals surface area contributed by atoms with Crippen LogP contribution in [0.4, 0.5) is 4.39 Å². The van der Waals surface area contributed by atoms with Crippen LogP contribution < -0.4 is 0 Å². The Morgan fingerprint density at radius 3 is 2.73 bits per heavy atom. The summed E-state index contributed by atoms with van der Waals surface area (Å²) >= 11 is 0. The summed E-state index contributed by atoms with van der Waals surface area (Å²) in [4.78, 5) is 15.2. The number of amides is 1. The van der Waals surface area contributed by atoms with E-state index in [0.717, 1.165) is 30.4 Å². The first-order valence-electron chi connectivity index (χ1n) is 9.24. The normalized spacial score (nSPS) is 17.6. The van der Waals surface area contributed by atoms with Crippen LogP contribution >= 0.6 is 0 Å². The van der Waals surface area contributed by atoms with Gasteiger partial charge in [0.1, 0.15) is 11.5 Å². The fraction of sp³-hybridized carbons (Fsp3) is 0.318. The van der Waals surface area contributed by atoms with Gasteiger partial charge >= 0.3 is 0 Å². The monoisotopic (exact) mass is 350 g/mol. The standard InChI is InChI=1S/C22H23FN2O/c1-16-7-6-12-24(14-16)22(26)21-13-17-8-3-5-11-20(17)25(21)15-18-9-2-4-10-19(18)23/h2-5,8-11,13,16H,6-7,12,14-15H2,1H3/t16-/m0/s1. The first-order valence-corrected chi connectivity index (χ1v) is 9.24. The molecule has 134 valence electrons. The molecule has 3 aromatic rings. The third kappa shape index (κ3) is 3.12. The fourth-order valence-corrected chi connectivity index (χ4v) is 3.89. The predicted octanol–water partition coefficient (Wildman–Crippen LogP) is 4.70. The molecular formula is C22H23FN2O. The van der Waals surface area contributed by atoms with Gasteiger partial charge in [0.25, 0.3) is 5.91 Å². The molecule has 26 heavy (non-hydrogen) atoms. The maximum Gasteiger partial charge on any atom is 0.270 e. The van der Waals surface area contributed by atoms with Gasteiger partial charge in [0.05, 0.1) is 6.54 Å². The molecule has 3 nitrogen and oxygen atoms in total. The molecule has 1 aromatic heterocycles. The SMILES string of the molecule is C[C@H]1CCCN(C(=O)c2cc3ccccc3n2Cc2ccccc2F)C1. The second-order valence-corrected chi connectivity index (χ2v) is 7.26. The number of likely N-dealkylation sites (tertiary alicyclic amines) is 1. The minimum atomic E-state index is -0.240. The van der Waals surface area contributed by atoms with Crippen molar-refractivity contribution in [1.82, 2.24) is 9.47 Å². The Balaban J connectivity index is 1.76. The number of aromatic nitrogens is 1. The highest BCUT2D eigenvalue weighted by Gasteiger charge is 2.25. The first kappa shape index (κ1) is 16.8. The molecule has 1 atom stereocenters. The zero-order valence-electron chi connectivity index (χ0n) is 15.0. The molecule has 1 aliphatic rings. The number of benzene rings is 2. The van der Waals surface area contributed by atoms with Crippen molar-refractivity contribution in [3.05, 3.63) is 71.7 Å². The van der Waals surface area contributed by atoms with Gasteiger partial charge in [0, 0.05) is 29.6 Å². The van der Waals surface area contributed by atoms with Gasteiger partial charge in [-0.3, -0.25) is 4.79 Å². The summed E-state index contributed by atoms with van der Waals surface area (Å²) in [5, 5.41) is 1.01. The van der Waals surface area contributed by atoms with E-state index < -0.39 is 0 Å². The fourth-order valence-electron chi connectivity index (χ4n) is 3.89. The predicted molar refractivity (Wildman–Crippen MR) is 102 cm³/mol. The van der Waals surface area contributed by atoms with Gasteiger partial charge in [-0.2, -0.15) is 0 Å². The Hall–Kier alpha value is -2.62. The van der Waals surface area contributed by atoms with Gasteiger partial charge < -0.3 is 9.47 Å². The van der Waals surface area contributed by atoms with Crippen molar-refractivity contribution in [2.75, 3.05) is 13.1 Å². The Morgan fingerprint density at radius 1 is 1.15 bits per heavy atom. The Bertz CT molecular complexity index is 946. The van der Waals surface area contributed by atoms with Crippen molar-refractivity contribution >= 4 is 16.8 Å². The highest BCUT2D eigenvalue weighted by atomic mass is 19.1. The third-order valence-electron chi connectivity index (χ3n) is 5.26. The summed E-state index contributed by atoms with van der Waals surface area (Å²) < 4.78 is 16.2. The molecule has 0 N–H and O–H groups in total. The van der Waals surface area contributed by atoms with Gasteiger partial charge in [-0.1, -0.05) is 43.3 Å². The molecule has 0 bridgehead atoms. The number of rotatable bonds is 3. The lowest BCUT2D eigenvalue weighted by atomic mass is 10.00. The van der Waals surface area contributed by atoms with E-state index in [-0.39, 0.29) is 11.7 Å². The number of carbonyl (C=O) groups is 1. The van der Waals surface area contributed by atoms with Crippen LogP contribution in [0, 0.1) is 11.7 Å². The molecule has 0 unspecified atom stereocenters. The van der Waals surface area contributed by atoms with Crippen molar-refractivity contribution in [2.45, 2.75) is 26.3 Å². The van der Waals surface area contributed by atoms with Crippen molar-refractivity contribution < 1.29 is 9.18 Å². The third-order valence-corrected chi connectivity index (χ3v) is 5.26. The van der Waals surface area contributed by atoms with Crippen LogP contribution in [0.25, 0.3) is 10.9 Å². The largest absolute Gasteiger partial charge is 0.337 e. The van der Waals surface area contributed by atoms with Crippen LogP contribution in [-0.4, -0.2) is 28.5 Å². The Kier molecular flexibility index (Phi) is 4.49.